The third kappa shape index (κ3) is 45.2. The third-order valence-electron chi connectivity index (χ3n) is 11.3. The lowest BCUT2D eigenvalue weighted by molar-refractivity contribution is -0.143. The Hall–Kier alpha value is -2.18. The summed E-state index contributed by atoms with van der Waals surface area (Å²) in [6.07, 6.45) is 59.6. The molecule has 2 atom stereocenters. The molecule has 0 heterocycles. The predicted octanol–water partition coefficient (Wildman–Crippen LogP) is 15.1. The molecule has 2 unspecified atom stereocenters. The summed E-state index contributed by atoms with van der Waals surface area (Å²) in [6, 6.07) is -0.640. The molecule has 0 aliphatic heterocycles. The van der Waals surface area contributed by atoms with Gasteiger partial charge in [-0.2, -0.15) is 0 Å². The van der Waals surface area contributed by atoms with Gasteiger partial charge in [0.05, 0.1) is 25.4 Å². The zero-order chi connectivity index (χ0) is 43.0. The number of carbonyl (C=O) groups is 2. The maximum absolute atomic E-state index is 12.4. The molecule has 0 aromatic rings. The summed E-state index contributed by atoms with van der Waals surface area (Å²) >= 11 is 0. The molecule has 0 rings (SSSR count). The van der Waals surface area contributed by atoms with Crippen molar-refractivity contribution >= 4 is 11.9 Å². The molecule has 59 heavy (non-hydrogen) atoms. The predicted molar refractivity (Wildman–Crippen MR) is 255 cm³/mol. The van der Waals surface area contributed by atoms with Gasteiger partial charge in [0.25, 0.3) is 0 Å². The fourth-order valence-electron chi connectivity index (χ4n) is 7.37. The molecule has 0 radical (unpaired) electrons. The van der Waals surface area contributed by atoms with Crippen molar-refractivity contribution in [3.8, 4) is 0 Å². The average molecular weight is 828 g/mol. The minimum absolute atomic E-state index is 0.0203. The van der Waals surface area contributed by atoms with Gasteiger partial charge in [0, 0.05) is 12.8 Å². The molecule has 1 amide bonds. The number of nitrogens with one attached hydrogen (secondary N) is 1. The minimum Gasteiger partial charge on any atom is -0.466 e. The van der Waals surface area contributed by atoms with Gasteiger partial charge in [0.1, 0.15) is 0 Å². The van der Waals surface area contributed by atoms with Crippen LogP contribution in [0, 0.1) is 0 Å². The van der Waals surface area contributed by atoms with Gasteiger partial charge >= 0.3 is 5.97 Å². The summed E-state index contributed by atoms with van der Waals surface area (Å²) < 4.78 is 5.44. The topological polar surface area (TPSA) is 95.9 Å². The van der Waals surface area contributed by atoms with E-state index in [4.69, 9.17) is 4.74 Å². The number of rotatable bonds is 46. The average Bonchev–Trinajstić information content (AvgIpc) is 3.24. The largest absolute Gasteiger partial charge is 0.466 e. The summed E-state index contributed by atoms with van der Waals surface area (Å²) in [6.45, 7) is 4.79. The van der Waals surface area contributed by atoms with Crippen LogP contribution in [-0.4, -0.2) is 47.4 Å². The van der Waals surface area contributed by atoms with Gasteiger partial charge in [0.2, 0.25) is 5.91 Å². The first kappa shape index (κ1) is 56.8. The molecule has 0 aromatic heterocycles. The molecular weight excluding hydrogens is 731 g/mol. The molecule has 0 aromatic carbocycles. The molecule has 0 saturated carbocycles. The van der Waals surface area contributed by atoms with Crippen molar-refractivity contribution in [3.63, 3.8) is 0 Å². The van der Waals surface area contributed by atoms with Crippen molar-refractivity contribution in [2.75, 3.05) is 13.2 Å². The highest BCUT2D eigenvalue weighted by Crippen LogP contribution is 2.14. The Balaban J connectivity index is 3.52. The Morgan fingerprint density at radius 3 is 1.37 bits per heavy atom. The SMILES string of the molecule is CCC/C=C\C/C=C\CCCCCCCC(=O)OCCCCCCCCC/C=C\CCCCCCCC(=O)NC(CO)C(O)/C=C/CCCCCCCCCCCCC. The number of aliphatic hydroxyl groups excluding tert-OH is 2. The number of carbonyl (C=O) groups excluding carboxylic acids is 2. The van der Waals surface area contributed by atoms with Crippen LogP contribution in [0.5, 0.6) is 0 Å². The summed E-state index contributed by atoms with van der Waals surface area (Å²) in [5.41, 5.74) is 0. The van der Waals surface area contributed by atoms with Gasteiger partial charge < -0.3 is 20.3 Å². The smallest absolute Gasteiger partial charge is 0.305 e. The number of hydrogen-bond donors (Lipinski definition) is 3. The molecule has 6 heteroatoms. The number of aliphatic hydroxyl groups is 2. The van der Waals surface area contributed by atoms with Crippen LogP contribution >= 0.6 is 0 Å². The van der Waals surface area contributed by atoms with E-state index in [1.807, 2.05) is 6.08 Å². The molecule has 0 saturated heterocycles. The zero-order valence-electron chi connectivity index (χ0n) is 39.0. The zero-order valence-corrected chi connectivity index (χ0v) is 39.0. The highest BCUT2D eigenvalue weighted by Gasteiger charge is 2.18. The maximum atomic E-state index is 12.4. The Morgan fingerprint density at radius 2 is 0.881 bits per heavy atom. The minimum atomic E-state index is -0.855. The van der Waals surface area contributed by atoms with E-state index in [0.717, 1.165) is 77.0 Å². The molecule has 0 fully saturated rings. The summed E-state index contributed by atoms with van der Waals surface area (Å²) in [4.78, 5) is 24.4. The number of amides is 1. The normalized spacial score (nSPS) is 13.1. The number of allylic oxidation sites excluding steroid dienone is 7. The second-order valence-corrected chi connectivity index (χ2v) is 17.1. The molecule has 344 valence electrons. The van der Waals surface area contributed by atoms with Gasteiger partial charge in [0.15, 0.2) is 0 Å². The van der Waals surface area contributed by atoms with Crippen molar-refractivity contribution in [3.05, 3.63) is 48.6 Å². The lowest BCUT2D eigenvalue weighted by atomic mass is 10.0. The van der Waals surface area contributed by atoms with Crippen molar-refractivity contribution in [1.82, 2.24) is 5.32 Å². The van der Waals surface area contributed by atoms with E-state index in [0.29, 0.717) is 19.4 Å². The first-order valence-electron chi connectivity index (χ1n) is 25.4. The number of unbranched alkanes of at least 4 members (excludes halogenated alkanes) is 29. The van der Waals surface area contributed by atoms with Crippen LogP contribution in [0.3, 0.4) is 0 Å². The lowest BCUT2D eigenvalue weighted by Gasteiger charge is -2.20. The Bertz CT molecular complexity index is 1000. The first-order chi connectivity index (χ1) is 29.0. The third-order valence-corrected chi connectivity index (χ3v) is 11.3. The van der Waals surface area contributed by atoms with E-state index in [1.54, 1.807) is 6.08 Å². The van der Waals surface area contributed by atoms with Crippen LogP contribution in [0.4, 0.5) is 0 Å². The summed E-state index contributed by atoms with van der Waals surface area (Å²) in [5, 5.41) is 23.0. The fourth-order valence-corrected chi connectivity index (χ4v) is 7.37. The highest BCUT2D eigenvalue weighted by molar-refractivity contribution is 5.76. The summed E-state index contributed by atoms with van der Waals surface area (Å²) in [7, 11) is 0. The number of ether oxygens (including phenoxy) is 1. The lowest BCUT2D eigenvalue weighted by Crippen LogP contribution is -2.45. The Labute approximate surface area is 366 Å². The number of hydrogen-bond acceptors (Lipinski definition) is 5. The van der Waals surface area contributed by atoms with Gasteiger partial charge in [-0.1, -0.05) is 204 Å². The van der Waals surface area contributed by atoms with Crippen LogP contribution in [0.15, 0.2) is 48.6 Å². The maximum Gasteiger partial charge on any atom is 0.305 e. The Morgan fingerprint density at radius 1 is 0.475 bits per heavy atom. The second-order valence-electron chi connectivity index (χ2n) is 17.1. The quantitative estimate of drug-likeness (QED) is 0.0323. The van der Waals surface area contributed by atoms with Crippen LogP contribution in [0.1, 0.15) is 251 Å². The van der Waals surface area contributed by atoms with Gasteiger partial charge in [-0.3, -0.25) is 9.59 Å². The molecular formula is C53H97NO5. The van der Waals surface area contributed by atoms with Gasteiger partial charge in [-0.15, -0.1) is 0 Å². The van der Waals surface area contributed by atoms with Crippen molar-refractivity contribution < 1.29 is 24.5 Å². The molecule has 6 nitrogen and oxygen atoms in total. The van der Waals surface area contributed by atoms with Crippen LogP contribution < -0.4 is 5.32 Å². The molecule has 3 N–H and O–H groups in total. The second kappa shape index (κ2) is 48.5. The van der Waals surface area contributed by atoms with Crippen LogP contribution in [0.25, 0.3) is 0 Å². The van der Waals surface area contributed by atoms with Crippen molar-refractivity contribution in [2.24, 2.45) is 0 Å². The molecule has 0 spiro atoms. The monoisotopic (exact) mass is 828 g/mol. The van der Waals surface area contributed by atoms with Gasteiger partial charge in [-0.25, -0.2) is 0 Å². The van der Waals surface area contributed by atoms with E-state index in [9.17, 15) is 19.8 Å². The standard InChI is InChI=1S/C53H97NO5/c1-3-5-7-9-11-13-15-21-25-29-33-37-41-45-51(56)50(49-55)54-52(57)46-42-38-34-30-26-23-19-17-18-20-24-28-32-36-40-44-48-59-53(58)47-43-39-35-31-27-22-16-14-12-10-8-6-4-2/h8,10,14,16-17,19,41,45,50-51,55-56H,3-7,9,11-13,15,18,20-40,42-44,46-49H2,1-2H3,(H,54,57)/b10-8-,16-14-,19-17-,45-41+. The summed E-state index contributed by atoms with van der Waals surface area (Å²) in [5.74, 6) is -0.108. The van der Waals surface area contributed by atoms with E-state index < -0.39 is 12.1 Å². The molecule has 0 aliphatic rings. The van der Waals surface area contributed by atoms with Crippen molar-refractivity contribution in [1.29, 1.82) is 0 Å². The molecule has 0 aliphatic carbocycles. The van der Waals surface area contributed by atoms with E-state index >= 15 is 0 Å². The van der Waals surface area contributed by atoms with Crippen LogP contribution in [0.2, 0.25) is 0 Å². The highest BCUT2D eigenvalue weighted by atomic mass is 16.5. The Kier molecular flexibility index (Phi) is 46.7. The fraction of sp³-hybridized carbons (Fsp3) is 0.811. The van der Waals surface area contributed by atoms with E-state index in [2.05, 4.69) is 55.6 Å². The van der Waals surface area contributed by atoms with Crippen LogP contribution in [-0.2, 0) is 14.3 Å². The van der Waals surface area contributed by atoms with E-state index in [-0.39, 0.29) is 18.5 Å². The molecule has 0 bridgehead atoms. The number of esters is 1. The first-order valence-corrected chi connectivity index (χ1v) is 25.4. The van der Waals surface area contributed by atoms with Gasteiger partial charge in [-0.05, 0) is 83.5 Å². The van der Waals surface area contributed by atoms with Crippen molar-refractivity contribution in [2.45, 2.75) is 264 Å². The van der Waals surface area contributed by atoms with E-state index in [1.165, 1.54) is 148 Å².